The molecule has 0 fully saturated rings. The fraction of sp³-hybridized carbons (Fsp3) is 0.188. The first-order valence-electron chi connectivity index (χ1n) is 7.03. The average molecular weight is 353 g/mol. The smallest absolute Gasteiger partial charge is 0.240 e. The third-order valence-corrected chi connectivity index (χ3v) is 4.83. The molecular formula is C16H17ClN2O3S. The van der Waals surface area contributed by atoms with E-state index in [-0.39, 0.29) is 23.8 Å². The topological polar surface area (TPSA) is 75.3 Å². The number of sulfonamides is 1. The summed E-state index contributed by atoms with van der Waals surface area (Å²) >= 11 is 5.72. The van der Waals surface area contributed by atoms with Crippen LogP contribution in [0.25, 0.3) is 0 Å². The molecule has 0 aliphatic carbocycles. The number of amides is 1. The summed E-state index contributed by atoms with van der Waals surface area (Å²) in [6, 6.07) is 15.3. The van der Waals surface area contributed by atoms with Crippen LogP contribution in [0.1, 0.15) is 12.0 Å². The van der Waals surface area contributed by atoms with Crippen molar-refractivity contribution in [2.45, 2.75) is 17.9 Å². The standard InChI is InChI=1S/C16H17ClN2O3S/c17-14-6-8-15(9-7-14)23(21,22)19-11-10-16(20)18-12-13-4-2-1-3-5-13/h1-9,19H,10-12H2,(H,18,20). The van der Waals surface area contributed by atoms with Crippen LogP contribution in [0.15, 0.2) is 59.5 Å². The lowest BCUT2D eigenvalue weighted by atomic mass is 10.2. The van der Waals surface area contributed by atoms with E-state index in [4.69, 9.17) is 11.6 Å². The van der Waals surface area contributed by atoms with Gasteiger partial charge in [-0.3, -0.25) is 4.79 Å². The summed E-state index contributed by atoms with van der Waals surface area (Å²) in [6.07, 6.45) is 0.0691. The van der Waals surface area contributed by atoms with Gasteiger partial charge in [-0.1, -0.05) is 41.9 Å². The maximum atomic E-state index is 12.0. The molecule has 0 saturated heterocycles. The van der Waals surface area contributed by atoms with Crippen molar-refractivity contribution in [1.29, 1.82) is 0 Å². The van der Waals surface area contributed by atoms with Crippen LogP contribution in [0.4, 0.5) is 0 Å². The molecular weight excluding hydrogens is 336 g/mol. The highest BCUT2D eigenvalue weighted by Crippen LogP contribution is 2.13. The minimum absolute atomic E-state index is 0.0333. The molecule has 0 unspecified atom stereocenters. The Bertz CT molecular complexity index is 747. The second-order valence-corrected chi connectivity index (χ2v) is 7.07. The Morgan fingerprint density at radius 2 is 1.65 bits per heavy atom. The lowest BCUT2D eigenvalue weighted by Crippen LogP contribution is -2.30. The van der Waals surface area contributed by atoms with Gasteiger partial charge in [0.05, 0.1) is 4.90 Å². The molecule has 0 spiro atoms. The highest BCUT2D eigenvalue weighted by molar-refractivity contribution is 7.89. The lowest BCUT2D eigenvalue weighted by Gasteiger charge is -2.08. The molecule has 23 heavy (non-hydrogen) atoms. The van der Waals surface area contributed by atoms with E-state index in [1.165, 1.54) is 24.3 Å². The molecule has 0 aliphatic rings. The number of halogens is 1. The second-order valence-electron chi connectivity index (χ2n) is 4.86. The summed E-state index contributed by atoms with van der Waals surface area (Å²) in [6.45, 7) is 0.454. The van der Waals surface area contributed by atoms with Crippen LogP contribution in [0.5, 0.6) is 0 Å². The van der Waals surface area contributed by atoms with E-state index in [1.54, 1.807) is 0 Å². The first-order valence-corrected chi connectivity index (χ1v) is 8.89. The Hall–Kier alpha value is -1.89. The van der Waals surface area contributed by atoms with Crippen LogP contribution in [0, 0.1) is 0 Å². The summed E-state index contributed by atoms with van der Waals surface area (Å²) < 4.78 is 26.4. The number of hydrogen-bond acceptors (Lipinski definition) is 3. The van der Waals surface area contributed by atoms with Gasteiger partial charge in [0, 0.05) is 24.5 Å². The zero-order chi connectivity index (χ0) is 16.7. The van der Waals surface area contributed by atoms with Crippen molar-refractivity contribution in [2.75, 3.05) is 6.54 Å². The zero-order valence-corrected chi connectivity index (χ0v) is 13.9. The molecule has 5 nitrogen and oxygen atoms in total. The molecule has 0 radical (unpaired) electrons. The Balaban J connectivity index is 1.77. The molecule has 1 amide bonds. The predicted molar refractivity (Wildman–Crippen MR) is 89.5 cm³/mol. The van der Waals surface area contributed by atoms with Crippen molar-refractivity contribution in [3.8, 4) is 0 Å². The number of benzene rings is 2. The second kappa shape index (κ2) is 8.10. The maximum Gasteiger partial charge on any atom is 0.240 e. The lowest BCUT2D eigenvalue weighted by molar-refractivity contribution is -0.121. The van der Waals surface area contributed by atoms with Gasteiger partial charge >= 0.3 is 0 Å². The highest BCUT2D eigenvalue weighted by Gasteiger charge is 2.13. The van der Waals surface area contributed by atoms with E-state index < -0.39 is 10.0 Å². The van der Waals surface area contributed by atoms with Gasteiger partial charge in [0.1, 0.15) is 0 Å². The molecule has 0 aromatic heterocycles. The van der Waals surface area contributed by atoms with Crippen LogP contribution in [-0.4, -0.2) is 20.9 Å². The van der Waals surface area contributed by atoms with Crippen LogP contribution in [0.2, 0.25) is 5.02 Å². The van der Waals surface area contributed by atoms with Crippen molar-refractivity contribution < 1.29 is 13.2 Å². The fourth-order valence-electron chi connectivity index (χ4n) is 1.88. The quantitative estimate of drug-likeness (QED) is 0.803. The van der Waals surface area contributed by atoms with Crippen molar-refractivity contribution in [3.63, 3.8) is 0 Å². The third kappa shape index (κ3) is 5.67. The Morgan fingerprint density at radius 1 is 1.00 bits per heavy atom. The van der Waals surface area contributed by atoms with Gasteiger partial charge in [0.15, 0.2) is 0 Å². The third-order valence-electron chi connectivity index (χ3n) is 3.10. The first kappa shape index (κ1) is 17.5. The van der Waals surface area contributed by atoms with E-state index >= 15 is 0 Å². The van der Waals surface area contributed by atoms with E-state index in [0.717, 1.165) is 5.56 Å². The summed E-state index contributed by atoms with van der Waals surface area (Å²) in [5.74, 6) is -0.215. The largest absolute Gasteiger partial charge is 0.352 e. The summed E-state index contributed by atoms with van der Waals surface area (Å²) in [4.78, 5) is 11.8. The maximum absolute atomic E-state index is 12.0. The molecule has 0 atom stereocenters. The van der Waals surface area contributed by atoms with Gasteiger partial charge in [0.25, 0.3) is 0 Å². The number of carbonyl (C=O) groups excluding carboxylic acids is 1. The summed E-state index contributed by atoms with van der Waals surface area (Å²) in [7, 11) is -3.63. The van der Waals surface area contributed by atoms with Crippen LogP contribution >= 0.6 is 11.6 Å². The van der Waals surface area contributed by atoms with Crippen LogP contribution in [-0.2, 0) is 21.4 Å². The monoisotopic (exact) mass is 352 g/mol. The molecule has 2 aromatic carbocycles. The molecule has 2 N–H and O–H groups in total. The van der Waals surface area contributed by atoms with E-state index in [9.17, 15) is 13.2 Å². The molecule has 0 bridgehead atoms. The Morgan fingerprint density at radius 3 is 2.30 bits per heavy atom. The molecule has 0 heterocycles. The zero-order valence-electron chi connectivity index (χ0n) is 12.3. The SMILES string of the molecule is O=C(CCNS(=O)(=O)c1ccc(Cl)cc1)NCc1ccccc1. The Labute approximate surface area is 140 Å². The normalized spacial score (nSPS) is 11.2. The molecule has 2 aromatic rings. The Kier molecular flexibility index (Phi) is 6.15. The molecule has 7 heteroatoms. The minimum atomic E-state index is -3.63. The number of hydrogen-bond donors (Lipinski definition) is 2. The fourth-order valence-corrected chi connectivity index (χ4v) is 3.04. The van der Waals surface area contributed by atoms with E-state index in [1.807, 2.05) is 30.3 Å². The molecule has 2 rings (SSSR count). The van der Waals surface area contributed by atoms with Crippen molar-refractivity contribution in [3.05, 3.63) is 65.2 Å². The van der Waals surface area contributed by atoms with Gasteiger partial charge in [-0.2, -0.15) is 0 Å². The van der Waals surface area contributed by atoms with Crippen molar-refractivity contribution >= 4 is 27.5 Å². The van der Waals surface area contributed by atoms with Gasteiger partial charge in [-0.25, -0.2) is 13.1 Å². The van der Waals surface area contributed by atoms with Crippen molar-refractivity contribution in [2.24, 2.45) is 0 Å². The predicted octanol–water partition coefficient (Wildman–Crippen LogP) is 2.32. The van der Waals surface area contributed by atoms with Gasteiger partial charge < -0.3 is 5.32 Å². The number of carbonyl (C=O) groups is 1. The van der Waals surface area contributed by atoms with Crippen LogP contribution in [0.3, 0.4) is 0 Å². The molecule has 0 aliphatic heterocycles. The summed E-state index contributed by atoms with van der Waals surface area (Å²) in [5.41, 5.74) is 0.989. The molecule has 0 saturated carbocycles. The molecule has 122 valence electrons. The highest BCUT2D eigenvalue weighted by atomic mass is 35.5. The first-order chi connectivity index (χ1) is 11.0. The number of rotatable bonds is 7. The van der Waals surface area contributed by atoms with Gasteiger partial charge in [-0.05, 0) is 29.8 Å². The minimum Gasteiger partial charge on any atom is -0.352 e. The summed E-state index contributed by atoms with van der Waals surface area (Å²) in [5, 5.41) is 3.20. The average Bonchev–Trinajstić information content (AvgIpc) is 2.54. The van der Waals surface area contributed by atoms with Gasteiger partial charge in [0.2, 0.25) is 15.9 Å². The number of nitrogens with one attached hydrogen (secondary N) is 2. The van der Waals surface area contributed by atoms with Crippen LogP contribution < -0.4 is 10.0 Å². The van der Waals surface area contributed by atoms with Gasteiger partial charge in [-0.15, -0.1) is 0 Å². The van der Waals surface area contributed by atoms with Crippen molar-refractivity contribution in [1.82, 2.24) is 10.0 Å². The van der Waals surface area contributed by atoms with E-state index in [2.05, 4.69) is 10.0 Å². The van der Waals surface area contributed by atoms with E-state index in [0.29, 0.717) is 11.6 Å².